The third-order valence-electron chi connectivity index (χ3n) is 3.15. The highest BCUT2D eigenvalue weighted by atomic mass is 35.5. The van der Waals surface area contributed by atoms with Crippen LogP contribution < -0.4 is 10.1 Å². The molecule has 2 aromatic carbocycles. The lowest BCUT2D eigenvalue weighted by Crippen LogP contribution is -2.24. The first-order chi connectivity index (χ1) is 10.1. The third-order valence-corrected chi connectivity index (χ3v) is 3.59. The van der Waals surface area contributed by atoms with Gasteiger partial charge < -0.3 is 15.2 Å². The van der Waals surface area contributed by atoms with Crippen molar-refractivity contribution in [3.63, 3.8) is 0 Å². The second-order valence-electron chi connectivity index (χ2n) is 4.67. The average molecular weight is 326 g/mol. The molecule has 0 aliphatic rings. The predicted octanol–water partition coefficient (Wildman–Crippen LogP) is 3.83. The third kappa shape index (κ3) is 4.61. The van der Waals surface area contributed by atoms with Gasteiger partial charge in [-0.2, -0.15) is 0 Å². The molecule has 1 unspecified atom stereocenters. The second kappa shape index (κ2) is 7.66. The minimum Gasteiger partial charge on any atom is -0.497 e. The van der Waals surface area contributed by atoms with E-state index in [0.29, 0.717) is 16.6 Å². The summed E-state index contributed by atoms with van der Waals surface area (Å²) >= 11 is 12.0. The van der Waals surface area contributed by atoms with Crippen LogP contribution in [-0.2, 0) is 6.54 Å². The lowest BCUT2D eigenvalue weighted by atomic mass is 10.1. The molecule has 2 rings (SSSR count). The highest BCUT2D eigenvalue weighted by Gasteiger charge is 2.11. The van der Waals surface area contributed by atoms with Crippen molar-refractivity contribution in [1.82, 2.24) is 5.32 Å². The van der Waals surface area contributed by atoms with E-state index >= 15 is 0 Å². The fourth-order valence-electron chi connectivity index (χ4n) is 2.10. The maximum atomic E-state index is 9.57. The SMILES string of the molecule is COc1cccc(C(CO)NCc2cc(Cl)cc(Cl)c2)c1. The van der Waals surface area contributed by atoms with E-state index in [4.69, 9.17) is 27.9 Å². The molecule has 0 radical (unpaired) electrons. The Labute approximate surface area is 134 Å². The Kier molecular flexibility index (Phi) is 5.88. The zero-order chi connectivity index (χ0) is 15.2. The van der Waals surface area contributed by atoms with E-state index < -0.39 is 0 Å². The topological polar surface area (TPSA) is 41.5 Å². The van der Waals surface area contributed by atoms with Gasteiger partial charge >= 0.3 is 0 Å². The van der Waals surface area contributed by atoms with Crippen LogP contribution in [0.25, 0.3) is 0 Å². The van der Waals surface area contributed by atoms with Crippen molar-refractivity contribution in [3.8, 4) is 5.75 Å². The van der Waals surface area contributed by atoms with E-state index in [0.717, 1.165) is 16.9 Å². The summed E-state index contributed by atoms with van der Waals surface area (Å²) in [5, 5.41) is 14.1. The summed E-state index contributed by atoms with van der Waals surface area (Å²) in [4.78, 5) is 0. The summed E-state index contributed by atoms with van der Waals surface area (Å²) in [6.45, 7) is 0.546. The van der Waals surface area contributed by atoms with Gasteiger partial charge in [-0.25, -0.2) is 0 Å². The van der Waals surface area contributed by atoms with Gasteiger partial charge in [-0.15, -0.1) is 0 Å². The van der Waals surface area contributed by atoms with Gasteiger partial charge in [0.25, 0.3) is 0 Å². The van der Waals surface area contributed by atoms with Crippen molar-refractivity contribution in [3.05, 3.63) is 63.6 Å². The standard InChI is InChI=1S/C16H17Cl2NO2/c1-21-15-4-2-3-12(7-15)16(10-20)19-9-11-5-13(17)8-14(18)6-11/h2-8,16,19-20H,9-10H2,1H3. The van der Waals surface area contributed by atoms with Gasteiger partial charge in [0.1, 0.15) is 5.75 Å². The number of hydrogen-bond acceptors (Lipinski definition) is 3. The first-order valence-electron chi connectivity index (χ1n) is 6.55. The predicted molar refractivity (Wildman–Crippen MR) is 86.1 cm³/mol. The molecule has 2 aromatic rings. The van der Waals surface area contributed by atoms with E-state index in [-0.39, 0.29) is 12.6 Å². The molecule has 0 spiro atoms. The maximum absolute atomic E-state index is 9.57. The number of benzene rings is 2. The maximum Gasteiger partial charge on any atom is 0.119 e. The molecular weight excluding hydrogens is 309 g/mol. The largest absolute Gasteiger partial charge is 0.497 e. The molecule has 2 N–H and O–H groups in total. The van der Waals surface area contributed by atoms with Crippen LogP contribution in [0.3, 0.4) is 0 Å². The Morgan fingerprint density at radius 1 is 1.14 bits per heavy atom. The van der Waals surface area contributed by atoms with E-state index in [2.05, 4.69) is 5.32 Å². The van der Waals surface area contributed by atoms with Gasteiger partial charge in [-0.1, -0.05) is 35.3 Å². The van der Waals surface area contributed by atoms with Crippen molar-refractivity contribution < 1.29 is 9.84 Å². The fraction of sp³-hybridized carbons (Fsp3) is 0.250. The molecule has 0 heterocycles. The average Bonchev–Trinajstić information content (AvgIpc) is 2.47. The molecule has 0 aliphatic carbocycles. The molecular formula is C16H17Cl2NO2. The van der Waals surface area contributed by atoms with Crippen LogP contribution in [0.5, 0.6) is 5.75 Å². The minimum absolute atomic E-state index is 0.0124. The van der Waals surface area contributed by atoms with Crippen molar-refractivity contribution in [2.24, 2.45) is 0 Å². The lowest BCUT2D eigenvalue weighted by Gasteiger charge is -2.17. The van der Waals surface area contributed by atoms with E-state index in [1.165, 1.54) is 0 Å². The minimum atomic E-state index is -0.183. The van der Waals surface area contributed by atoms with Crippen LogP contribution in [0, 0.1) is 0 Å². The smallest absolute Gasteiger partial charge is 0.119 e. The molecule has 5 heteroatoms. The molecule has 0 bridgehead atoms. The van der Waals surface area contributed by atoms with Crippen LogP contribution in [0.4, 0.5) is 0 Å². The van der Waals surface area contributed by atoms with Gasteiger partial charge in [0.05, 0.1) is 19.8 Å². The summed E-state index contributed by atoms with van der Waals surface area (Å²) in [5.41, 5.74) is 1.93. The number of halogens is 2. The number of aliphatic hydroxyl groups is 1. The van der Waals surface area contributed by atoms with Crippen LogP contribution in [0.2, 0.25) is 10.0 Å². The molecule has 0 aliphatic heterocycles. The van der Waals surface area contributed by atoms with Crippen molar-refractivity contribution >= 4 is 23.2 Å². The van der Waals surface area contributed by atoms with E-state index in [9.17, 15) is 5.11 Å². The number of ether oxygens (including phenoxy) is 1. The van der Waals surface area contributed by atoms with Crippen molar-refractivity contribution in [2.45, 2.75) is 12.6 Å². The molecule has 3 nitrogen and oxygen atoms in total. The molecule has 21 heavy (non-hydrogen) atoms. The summed E-state index contributed by atoms with van der Waals surface area (Å²) in [6, 6.07) is 12.8. The molecule has 0 fully saturated rings. The number of rotatable bonds is 6. The van der Waals surface area contributed by atoms with E-state index in [1.807, 2.05) is 36.4 Å². The molecule has 0 aromatic heterocycles. The highest BCUT2D eigenvalue weighted by Crippen LogP contribution is 2.21. The number of aliphatic hydroxyl groups excluding tert-OH is 1. The Balaban J connectivity index is 2.08. The number of nitrogens with one attached hydrogen (secondary N) is 1. The Hall–Kier alpha value is -1.26. The zero-order valence-corrected chi connectivity index (χ0v) is 13.2. The number of methoxy groups -OCH3 is 1. The van der Waals surface area contributed by atoms with Crippen molar-refractivity contribution in [1.29, 1.82) is 0 Å². The first-order valence-corrected chi connectivity index (χ1v) is 7.31. The Morgan fingerprint density at radius 3 is 2.48 bits per heavy atom. The van der Waals surface area contributed by atoms with Crippen molar-refractivity contribution in [2.75, 3.05) is 13.7 Å². The second-order valence-corrected chi connectivity index (χ2v) is 5.54. The van der Waals surface area contributed by atoms with Gasteiger partial charge in [-0.3, -0.25) is 0 Å². The normalized spacial score (nSPS) is 12.2. The monoisotopic (exact) mass is 325 g/mol. The molecule has 0 saturated carbocycles. The van der Waals surface area contributed by atoms with Gasteiger partial charge in [0.2, 0.25) is 0 Å². The first kappa shape index (κ1) is 16.1. The van der Waals surface area contributed by atoms with E-state index in [1.54, 1.807) is 13.2 Å². The number of hydrogen-bond donors (Lipinski definition) is 2. The Morgan fingerprint density at radius 2 is 1.86 bits per heavy atom. The molecule has 112 valence electrons. The zero-order valence-electron chi connectivity index (χ0n) is 11.6. The van der Waals surface area contributed by atoms with Crippen LogP contribution >= 0.6 is 23.2 Å². The summed E-state index contributed by atoms with van der Waals surface area (Å²) in [7, 11) is 1.62. The van der Waals surface area contributed by atoms with Crippen LogP contribution in [-0.4, -0.2) is 18.8 Å². The summed E-state index contributed by atoms with van der Waals surface area (Å²) < 4.78 is 5.20. The van der Waals surface area contributed by atoms with Gasteiger partial charge in [0.15, 0.2) is 0 Å². The van der Waals surface area contributed by atoms with Crippen LogP contribution in [0.1, 0.15) is 17.2 Å². The lowest BCUT2D eigenvalue weighted by molar-refractivity contribution is 0.243. The van der Waals surface area contributed by atoms with Gasteiger partial charge in [0, 0.05) is 16.6 Å². The summed E-state index contributed by atoms with van der Waals surface area (Å²) in [6.07, 6.45) is 0. The fourth-order valence-corrected chi connectivity index (χ4v) is 2.67. The molecule has 1 atom stereocenters. The molecule has 0 saturated heterocycles. The highest BCUT2D eigenvalue weighted by molar-refractivity contribution is 6.34. The molecule has 0 amide bonds. The van der Waals surface area contributed by atoms with Crippen LogP contribution in [0.15, 0.2) is 42.5 Å². The quantitative estimate of drug-likeness (QED) is 0.848. The Bertz CT molecular complexity index is 584. The summed E-state index contributed by atoms with van der Waals surface area (Å²) in [5.74, 6) is 0.763. The van der Waals surface area contributed by atoms with Gasteiger partial charge in [-0.05, 0) is 41.5 Å².